The van der Waals surface area contributed by atoms with Gasteiger partial charge in [-0.25, -0.2) is 0 Å². The molecule has 0 spiro atoms. The Morgan fingerprint density at radius 3 is 1.78 bits per heavy atom. The Labute approximate surface area is 302 Å². The van der Waals surface area contributed by atoms with Gasteiger partial charge in [-0.2, -0.15) is 0 Å². The van der Waals surface area contributed by atoms with Gasteiger partial charge in [0.2, 0.25) is 0 Å². The number of nitrogens with zero attached hydrogens (tertiary/aromatic N) is 2. The van der Waals surface area contributed by atoms with Crippen LogP contribution in [0.1, 0.15) is 68.1 Å². The number of hydrogen-bond donors (Lipinski definition) is 0. The summed E-state index contributed by atoms with van der Waals surface area (Å²) in [6.45, 7) is 4.96. The molecule has 0 bridgehead atoms. The lowest BCUT2D eigenvalue weighted by Gasteiger charge is -2.22. The minimum absolute atomic E-state index is 0.178. The molecule has 2 aliphatic carbocycles. The predicted molar refractivity (Wildman–Crippen MR) is 199 cm³/mol. The highest BCUT2D eigenvalue weighted by Crippen LogP contribution is 2.57. The van der Waals surface area contributed by atoms with Gasteiger partial charge >= 0.3 is 0 Å². The van der Waals surface area contributed by atoms with Gasteiger partial charge in [0.1, 0.15) is 24.7 Å². The Hall–Kier alpha value is -4.62. The van der Waals surface area contributed by atoms with Crippen LogP contribution >= 0.6 is 0 Å². The Morgan fingerprint density at radius 1 is 0.627 bits per heavy atom. The predicted octanol–water partition coefficient (Wildman–Crippen LogP) is 8.69. The van der Waals surface area contributed by atoms with Crippen molar-refractivity contribution in [2.75, 3.05) is 26.4 Å². The summed E-state index contributed by atoms with van der Waals surface area (Å²) in [6, 6.07) is 19.1. The first-order valence-electron chi connectivity index (χ1n) is 18.8. The van der Waals surface area contributed by atoms with Crippen LogP contribution in [0.2, 0.25) is 0 Å². The number of rotatable bonds is 9. The molecule has 6 nitrogen and oxygen atoms in total. The topological polar surface area (TPSA) is 62.7 Å². The molecule has 4 fully saturated rings. The van der Waals surface area contributed by atoms with Crippen molar-refractivity contribution in [3.8, 4) is 57.4 Å². The van der Waals surface area contributed by atoms with E-state index in [4.69, 9.17) is 18.9 Å². The van der Waals surface area contributed by atoms with Crippen molar-refractivity contribution in [2.24, 2.45) is 23.7 Å². The molecule has 2 saturated heterocycles. The van der Waals surface area contributed by atoms with Crippen LogP contribution in [0.5, 0.6) is 11.5 Å². The van der Waals surface area contributed by atoms with Crippen molar-refractivity contribution < 1.29 is 18.9 Å². The average molecular weight is 679 g/mol. The van der Waals surface area contributed by atoms with Crippen molar-refractivity contribution in [3.63, 3.8) is 0 Å². The van der Waals surface area contributed by atoms with E-state index in [1.807, 2.05) is 12.4 Å². The molecule has 51 heavy (non-hydrogen) atoms. The van der Waals surface area contributed by atoms with Gasteiger partial charge in [-0.05, 0) is 123 Å². The Morgan fingerprint density at radius 2 is 1.20 bits per heavy atom. The molecule has 4 unspecified atom stereocenters. The second-order valence-electron chi connectivity index (χ2n) is 14.6. The number of ether oxygens (including phenoxy) is 4. The summed E-state index contributed by atoms with van der Waals surface area (Å²) in [4.78, 5) is 8.85. The van der Waals surface area contributed by atoms with Gasteiger partial charge in [0.15, 0.2) is 0 Å². The number of hydrogen-bond acceptors (Lipinski definition) is 6. The van der Waals surface area contributed by atoms with E-state index in [0.717, 1.165) is 83.8 Å². The molecule has 2 aromatic carbocycles. The van der Waals surface area contributed by atoms with Crippen LogP contribution in [0.15, 0.2) is 79.4 Å². The van der Waals surface area contributed by atoms with Crippen molar-refractivity contribution >= 4 is 0 Å². The average Bonchev–Trinajstić information content (AvgIpc) is 4.12. The van der Waals surface area contributed by atoms with Gasteiger partial charge in [0.25, 0.3) is 0 Å². The van der Waals surface area contributed by atoms with Crippen molar-refractivity contribution in [2.45, 2.75) is 70.5 Å². The number of aryl methyl sites for hydroxylation is 1. The highest BCUT2D eigenvalue weighted by Gasteiger charge is 2.52. The maximum absolute atomic E-state index is 6.04. The quantitative estimate of drug-likeness (QED) is 0.165. The standard InChI is InChI=1S/C45H46N2O4/c1-31-20-33(12-17-43(31)38-22-42(28-47-26-38)51-30-40-7-3-5-19-49-40)11-16-36-24-45(36)44-23-35(44)15-10-32-8-13-34(14-9-32)37-21-41(27-46-25-37)50-29-39-6-2-4-18-48-39/h8-9,12-14,17,20-22,25-28,35-36,39-40,44-45H,2-7,18-19,23-24,29-30H2,1H3/t35?,36?,39-,40-,44?,45?/m1/s1. The third kappa shape index (κ3) is 8.82. The first-order valence-corrected chi connectivity index (χ1v) is 18.8. The minimum atomic E-state index is 0.178. The molecule has 6 atom stereocenters. The second-order valence-corrected chi connectivity index (χ2v) is 14.6. The van der Waals surface area contributed by atoms with E-state index >= 15 is 0 Å². The first-order chi connectivity index (χ1) is 25.1. The second kappa shape index (κ2) is 15.7. The van der Waals surface area contributed by atoms with Crippen molar-refractivity contribution in [1.29, 1.82) is 0 Å². The van der Waals surface area contributed by atoms with E-state index in [1.165, 1.54) is 31.2 Å². The van der Waals surface area contributed by atoms with Crippen LogP contribution < -0.4 is 9.47 Å². The summed E-state index contributed by atoms with van der Waals surface area (Å²) in [5.74, 6) is 17.9. The fraction of sp³-hybridized carbons (Fsp3) is 0.422. The molecule has 0 radical (unpaired) electrons. The van der Waals surface area contributed by atoms with Crippen LogP contribution in [0.25, 0.3) is 22.3 Å². The maximum Gasteiger partial charge on any atom is 0.138 e. The molecule has 0 amide bonds. The minimum Gasteiger partial charge on any atom is -0.489 e. The third-order valence-electron chi connectivity index (χ3n) is 10.6. The molecule has 0 N–H and O–H groups in total. The van der Waals surface area contributed by atoms with Gasteiger partial charge in [-0.3, -0.25) is 9.97 Å². The molecular formula is C45H46N2O4. The van der Waals surface area contributed by atoms with E-state index in [2.05, 4.69) is 95.2 Å². The maximum atomic E-state index is 6.04. The van der Waals surface area contributed by atoms with Crippen LogP contribution in [0.3, 0.4) is 0 Å². The Kier molecular flexibility index (Phi) is 10.3. The molecule has 2 saturated carbocycles. The summed E-state index contributed by atoms with van der Waals surface area (Å²) in [6.07, 6.45) is 16.9. The number of benzene rings is 2. The summed E-state index contributed by atoms with van der Waals surface area (Å²) in [5.41, 5.74) is 7.67. The van der Waals surface area contributed by atoms with Crippen molar-refractivity contribution in [3.05, 3.63) is 96.1 Å². The summed E-state index contributed by atoms with van der Waals surface area (Å²) in [5, 5.41) is 0. The molecule has 8 rings (SSSR count). The van der Waals surface area contributed by atoms with Gasteiger partial charge in [-0.15, -0.1) is 0 Å². The lowest BCUT2D eigenvalue weighted by atomic mass is 9.99. The highest BCUT2D eigenvalue weighted by atomic mass is 16.5. The molecule has 2 aliphatic heterocycles. The van der Waals surface area contributed by atoms with Gasteiger partial charge in [0, 0.05) is 59.7 Å². The molecule has 4 aliphatic rings. The van der Waals surface area contributed by atoms with Crippen LogP contribution in [0, 0.1) is 54.3 Å². The normalized spacial score (nSPS) is 25.0. The van der Waals surface area contributed by atoms with E-state index in [-0.39, 0.29) is 12.2 Å². The zero-order valence-corrected chi connectivity index (χ0v) is 29.5. The smallest absolute Gasteiger partial charge is 0.138 e. The van der Waals surface area contributed by atoms with E-state index in [0.29, 0.717) is 36.9 Å². The van der Waals surface area contributed by atoms with Crippen LogP contribution in [0.4, 0.5) is 0 Å². The lowest BCUT2D eigenvalue weighted by molar-refractivity contribution is -0.0111. The third-order valence-corrected chi connectivity index (χ3v) is 10.6. The lowest BCUT2D eigenvalue weighted by Crippen LogP contribution is -2.25. The van der Waals surface area contributed by atoms with Gasteiger partial charge < -0.3 is 18.9 Å². The first kappa shape index (κ1) is 33.5. The van der Waals surface area contributed by atoms with Gasteiger partial charge in [-0.1, -0.05) is 41.9 Å². The molecule has 2 aromatic heterocycles. The number of pyridine rings is 2. The SMILES string of the molecule is Cc1cc(C#CC2CC2C2CC2C#Cc2ccc(-c3cncc(OC[C@H]4CCCCO4)c3)cc2)ccc1-c1cncc(OC[C@H]2CCCCO2)c1. The summed E-state index contributed by atoms with van der Waals surface area (Å²) in [7, 11) is 0. The summed E-state index contributed by atoms with van der Waals surface area (Å²) >= 11 is 0. The monoisotopic (exact) mass is 678 g/mol. The van der Waals surface area contributed by atoms with E-state index in [1.54, 1.807) is 12.4 Å². The summed E-state index contributed by atoms with van der Waals surface area (Å²) < 4.78 is 23.6. The zero-order chi connectivity index (χ0) is 34.4. The molecule has 6 heteroatoms. The van der Waals surface area contributed by atoms with Crippen molar-refractivity contribution in [1.82, 2.24) is 9.97 Å². The van der Waals surface area contributed by atoms with E-state index in [9.17, 15) is 0 Å². The zero-order valence-electron chi connectivity index (χ0n) is 29.5. The van der Waals surface area contributed by atoms with Crippen LogP contribution in [-0.4, -0.2) is 48.6 Å². The Bertz CT molecular complexity index is 1940. The van der Waals surface area contributed by atoms with E-state index < -0.39 is 0 Å². The molecule has 4 heterocycles. The highest BCUT2D eigenvalue weighted by molar-refractivity contribution is 5.69. The molecule has 4 aromatic rings. The Balaban J connectivity index is 0.811. The van der Waals surface area contributed by atoms with Gasteiger partial charge in [0.05, 0.1) is 24.6 Å². The fourth-order valence-corrected chi connectivity index (χ4v) is 7.43. The molecular weight excluding hydrogens is 633 g/mol. The van der Waals surface area contributed by atoms with Crippen LogP contribution in [-0.2, 0) is 9.47 Å². The largest absolute Gasteiger partial charge is 0.489 e. The fourth-order valence-electron chi connectivity index (χ4n) is 7.43. The number of aromatic nitrogens is 2. The molecule has 260 valence electrons.